The third kappa shape index (κ3) is 1.81. The van der Waals surface area contributed by atoms with Gasteiger partial charge in [-0.15, -0.1) is 0 Å². The van der Waals surface area contributed by atoms with Gasteiger partial charge in [0.15, 0.2) is 0 Å². The lowest BCUT2D eigenvalue weighted by Crippen LogP contribution is -2.34. The van der Waals surface area contributed by atoms with E-state index in [0.717, 1.165) is 11.6 Å². The summed E-state index contributed by atoms with van der Waals surface area (Å²) in [5.41, 5.74) is 0.993. The number of pyridine rings is 1. The molecular weight excluding hydrogens is 176 g/mol. The zero-order chi connectivity index (χ0) is 10.1. The highest BCUT2D eigenvalue weighted by molar-refractivity contribution is 5.42. The molecule has 0 aromatic carbocycles. The molecule has 3 nitrogen and oxygen atoms in total. The van der Waals surface area contributed by atoms with Crippen molar-refractivity contribution in [2.75, 3.05) is 5.32 Å². The highest BCUT2D eigenvalue weighted by Gasteiger charge is 2.24. The maximum Gasteiger partial charge on any atom is 0.252 e. The molecule has 0 bridgehead atoms. The summed E-state index contributed by atoms with van der Waals surface area (Å²) in [5.74, 6) is 0.832. The largest absolute Gasteiger partial charge is 0.382 e. The fourth-order valence-electron chi connectivity index (χ4n) is 1.89. The average Bonchev–Trinajstić information content (AvgIpc) is 2.09. The molecule has 1 aliphatic rings. The lowest BCUT2D eigenvalue weighted by molar-refractivity contribution is 0.309. The normalized spacial score (nSPS) is 25.6. The number of nitrogens with zero attached hydrogens (tertiary/aromatic N) is 1. The van der Waals surface area contributed by atoms with E-state index in [1.165, 1.54) is 12.8 Å². The van der Waals surface area contributed by atoms with E-state index in [1.54, 1.807) is 23.9 Å². The van der Waals surface area contributed by atoms with E-state index in [2.05, 4.69) is 12.2 Å². The van der Waals surface area contributed by atoms with Crippen LogP contribution in [-0.2, 0) is 7.05 Å². The highest BCUT2D eigenvalue weighted by Crippen LogP contribution is 2.28. The van der Waals surface area contributed by atoms with Crippen LogP contribution in [0.4, 0.5) is 5.69 Å². The fraction of sp³-hybridized carbons (Fsp3) is 0.545. The van der Waals surface area contributed by atoms with Crippen molar-refractivity contribution in [2.24, 2.45) is 13.0 Å². The van der Waals surface area contributed by atoms with Gasteiger partial charge in [-0.1, -0.05) is 6.92 Å². The van der Waals surface area contributed by atoms with Gasteiger partial charge < -0.3 is 9.88 Å². The van der Waals surface area contributed by atoms with Crippen molar-refractivity contribution in [1.82, 2.24) is 4.57 Å². The average molecular weight is 192 g/mol. The van der Waals surface area contributed by atoms with Crippen molar-refractivity contribution in [3.05, 3.63) is 28.7 Å². The second kappa shape index (κ2) is 3.48. The predicted molar refractivity (Wildman–Crippen MR) is 57.5 cm³/mol. The molecule has 1 fully saturated rings. The van der Waals surface area contributed by atoms with Crippen LogP contribution in [0.15, 0.2) is 23.1 Å². The summed E-state index contributed by atoms with van der Waals surface area (Å²) < 4.78 is 1.58. The van der Waals surface area contributed by atoms with Gasteiger partial charge in [0.2, 0.25) is 0 Å². The summed E-state index contributed by atoms with van der Waals surface area (Å²) in [7, 11) is 1.76. The van der Waals surface area contributed by atoms with Crippen LogP contribution >= 0.6 is 0 Å². The zero-order valence-electron chi connectivity index (χ0n) is 8.66. The summed E-state index contributed by atoms with van der Waals surface area (Å²) in [4.78, 5) is 11.3. The van der Waals surface area contributed by atoms with E-state index in [9.17, 15) is 4.79 Å². The number of hydrogen-bond acceptors (Lipinski definition) is 2. The SMILES string of the molecule is CC1CC(Nc2ccn(C)c(=O)c2)C1. The molecule has 1 N–H and O–H groups in total. The van der Waals surface area contributed by atoms with Gasteiger partial charge in [0.05, 0.1) is 0 Å². The molecule has 0 amide bonds. The number of nitrogens with one attached hydrogen (secondary N) is 1. The Balaban J connectivity index is 2.03. The maximum atomic E-state index is 11.3. The van der Waals surface area contributed by atoms with Gasteiger partial charge in [-0.2, -0.15) is 0 Å². The highest BCUT2D eigenvalue weighted by atomic mass is 16.1. The van der Waals surface area contributed by atoms with E-state index < -0.39 is 0 Å². The van der Waals surface area contributed by atoms with Crippen molar-refractivity contribution < 1.29 is 0 Å². The minimum Gasteiger partial charge on any atom is -0.382 e. The minimum atomic E-state index is 0.0439. The van der Waals surface area contributed by atoms with Crippen LogP contribution in [0.1, 0.15) is 19.8 Å². The Kier molecular flexibility index (Phi) is 2.32. The zero-order valence-corrected chi connectivity index (χ0v) is 8.66. The second-order valence-electron chi connectivity index (χ2n) is 4.28. The molecule has 0 radical (unpaired) electrons. The summed E-state index contributed by atoms with van der Waals surface area (Å²) in [5, 5.41) is 3.36. The first-order valence-electron chi connectivity index (χ1n) is 5.08. The molecule has 14 heavy (non-hydrogen) atoms. The van der Waals surface area contributed by atoms with Crippen molar-refractivity contribution in [2.45, 2.75) is 25.8 Å². The van der Waals surface area contributed by atoms with Gasteiger partial charge >= 0.3 is 0 Å². The molecule has 1 aliphatic carbocycles. The summed E-state index contributed by atoms with van der Waals surface area (Å²) >= 11 is 0. The Labute approximate surface area is 83.8 Å². The molecule has 0 aliphatic heterocycles. The number of aryl methyl sites for hydroxylation is 1. The van der Waals surface area contributed by atoms with Crippen LogP contribution < -0.4 is 10.9 Å². The van der Waals surface area contributed by atoms with E-state index in [-0.39, 0.29) is 5.56 Å². The Morgan fingerprint density at radius 3 is 2.79 bits per heavy atom. The summed E-state index contributed by atoms with van der Waals surface area (Å²) in [6, 6.07) is 4.17. The standard InChI is InChI=1S/C11H16N2O/c1-8-5-10(6-8)12-9-3-4-13(2)11(14)7-9/h3-4,7-8,10,12H,5-6H2,1-2H3. The number of aromatic nitrogens is 1. The van der Waals surface area contributed by atoms with E-state index in [1.807, 2.05) is 6.07 Å². The minimum absolute atomic E-state index is 0.0439. The summed E-state index contributed by atoms with van der Waals surface area (Å²) in [6.07, 6.45) is 4.23. The van der Waals surface area contributed by atoms with E-state index >= 15 is 0 Å². The van der Waals surface area contributed by atoms with Crippen LogP contribution in [0.3, 0.4) is 0 Å². The number of rotatable bonds is 2. The quantitative estimate of drug-likeness (QED) is 0.772. The molecule has 2 rings (SSSR count). The van der Waals surface area contributed by atoms with Crippen LogP contribution in [0.5, 0.6) is 0 Å². The molecule has 3 heteroatoms. The molecule has 76 valence electrons. The lowest BCUT2D eigenvalue weighted by Gasteiger charge is -2.34. The Morgan fingerprint density at radius 2 is 2.21 bits per heavy atom. The second-order valence-corrected chi connectivity index (χ2v) is 4.28. The molecule has 1 aromatic rings. The summed E-state index contributed by atoms with van der Waals surface area (Å²) in [6.45, 7) is 2.25. The first-order chi connectivity index (χ1) is 6.65. The van der Waals surface area contributed by atoms with Crippen LogP contribution in [0, 0.1) is 5.92 Å². The van der Waals surface area contributed by atoms with Gasteiger partial charge in [0.1, 0.15) is 0 Å². The van der Waals surface area contributed by atoms with Gasteiger partial charge in [-0.25, -0.2) is 0 Å². The van der Waals surface area contributed by atoms with E-state index in [0.29, 0.717) is 6.04 Å². The molecule has 0 saturated heterocycles. The smallest absolute Gasteiger partial charge is 0.252 e. The third-order valence-electron chi connectivity index (χ3n) is 2.85. The van der Waals surface area contributed by atoms with E-state index in [4.69, 9.17) is 0 Å². The Hall–Kier alpha value is -1.25. The van der Waals surface area contributed by atoms with Crippen molar-refractivity contribution in [3.8, 4) is 0 Å². The molecule has 0 unspecified atom stereocenters. The lowest BCUT2D eigenvalue weighted by atomic mass is 9.82. The third-order valence-corrected chi connectivity index (χ3v) is 2.85. The Bertz CT molecular complexity index is 377. The van der Waals surface area contributed by atoms with Crippen molar-refractivity contribution in [1.29, 1.82) is 0 Å². The fourth-order valence-corrected chi connectivity index (χ4v) is 1.89. The maximum absolute atomic E-state index is 11.3. The van der Waals surface area contributed by atoms with Crippen molar-refractivity contribution in [3.63, 3.8) is 0 Å². The number of anilines is 1. The molecule has 1 heterocycles. The monoisotopic (exact) mass is 192 g/mol. The van der Waals surface area contributed by atoms with Gasteiger partial charge in [0.25, 0.3) is 5.56 Å². The molecule has 1 aromatic heterocycles. The van der Waals surface area contributed by atoms with Crippen LogP contribution in [0.2, 0.25) is 0 Å². The molecular formula is C11H16N2O. The topological polar surface area (TPSA) is 34.0 Å². The van der Waals surface area contributed by atoms with Gasteiger partial charge in [0, 0.05) is 31.0 Å². The molecule has 0 atom stereocenters. The van der Waals surface area contributed by atoms with Gasteiger partial charge in [-0.05, 0) is 24.8 Å². The first-order valence-corrected chi connectivity index (χ1v) is 5.08. The van der Waals surface area contributed by atoms with Crippen LogP contribution in [0.25, 0.3) is 0 Å². The molecule has 0 spiro atoms. The van der Waals surface area contributed by atoms with Crippen LogP contribution in [-0.4, -0.2) is 10.6 Å². The van der Waals surface area contributed by atoms with Crippen molar-refractivity contribution >= 4 is 5.69 Å². The Morgan fingerprint density at radius 1 is 1.50 bits per heavy atom. The predicted octanol–water partition coefficient (Wildman–Crippen LogP) is 1.60. The number of hydrogen-bond donors (Lipinski definition) is 1. The molecule has 1 saturated carbocycles. The first kappa shape index (κ1) is 9.31. The van der Waals surface area contributed by atoms with Gasteiger partial charge in [-0.3, -0.25) is 4.79 Å².